The van der Waals surface area contributed by atoms with Crippen LogP contribution in [-0.2, 0) is 20.9 Å². The molecule has 172 valence electrons. The van der Waals surface area contributed by atoms with Gasteiger partial charge >= 0.3 is 11.9 Å². The first-order valence-corrected chi connectivity index (χ1v) is 9.59. The van der Waals surface area contributed by atoms with Crippen molar-refractivity contribution in [3.8, 4) is 11.5 Å². The Balaban J connectivity index is 1.59. The van der Waals surface area contributed by atoms with Gasteiger partial charge in [-0.2, -0.15) is 0 Å². The molecule has 0 radical (unpaired) electrons. The number of rotatable bonds is 9. The third-order valence-corrected chi connectivity index (χ3v) is 4.37. The zero-order valence-electron chi connectivity index (χ0n) is 17.8. The van der Waals surface area contributed by atoms with Gasteiger partial charge in [0.15, 0.2) is 30.5 Å². The molecule has 1 heterocycles. The van der Waals surface area contributed by atoms with E-state index in [1.807, 2.05) is 0 Å². The molecule has 0 aliphatic carbocycles. The third-order valence-electron chi connectivity index (χ3n) is 4.37. The van der Waals surface area contributed by atoms with Crippen LogP contribution < -0.4 is 14.8 Å². The van der Waals surface area contributed by atoms with E-state index >= 15 is 0 Å². The molecule has 0 aliphatic heterocycles. The fraction of sp³-hybridized carbons (Fsp3) is 0.174. The Hall–Kier alpha value is -4.34. The summed E-state index contributed by atoms with van der Waals surface area (Å²) < 4.78 is 38.6. The lowest BCUT2D eigenvalue weighted by molar-refractivity contribution is -0.118. The number of anilines is 1. The maximum Gasteiger partial charge on any atom is 0.341 e. The predicted molar refractivity (Wildman–Crippen MR) is 113 cm³/mol. The minimum Gasteiger partial charge on any atom is -0.493 e. The standard InChI is InChI=1S/C23H20FNO8/c1-29-19-11-14(22(27)33-12-20-17(9-10-31-20)23(28)30-2)3-8-18(19)32-13-21(26)25-16-6-4-15(24)5-7-16/h3-11H,12-13H2,1-2H3,(H,25,26). The quantitative estimate of drug-likeness (QED) is 0.485. The highest BCUT2D eigenvalue weighted by Gasteiger charge is 2.18. The smallest absolute Gasteiger partial charge is 0.341 e. The molecule has 3 rings (SSSR count). The topological polar surface area (TPSA) is 113 Å². The first-order valence-electron chi connectivity index (χ1n) is 9.59. The molecule has 0 spiro atoms. The van der Waals surface area contributed by atoms with E-state index in [1.54, 1.807) is 0 Å². The van der Waals surface area contributed by atoms with E-state index in [-0.39, 0.29) is 41.6 Å². The van der Waals surface area contributed by atoms with Gasteiger partial charge in [0.25, 0.3) is 5.91 Å². The van der Waals surface area contributed by atoms with Crippen LogP contribution in [0.2, 0.25) is 0 Å². The van der Waals surface area contributed by atoms with Crippen LogP contribution >= 0.6 is 0 Å². The van der Waals surface area contributed by atoms with Gasteiger partial charge in [-0.3, -0.25) is 4.79 Å². The number of hydrogen-bond donors (Lipinski definition) is 1. The van der Waals surface area contributed by atoms with Crippen molar-refractivity contribution in [1.82, 2.24) is 0 Å². The Bertz CT molecular complexity index is 1140. The molecular formula is C23H20FNO8. The molecule has 10 heteroatoms. The van der Waals surface area contributed by atoms with Crippen molar-refractivity contribution in [2.45, 2.75) is 6.61 Å². The number of carbonyl (C=O) groups excluding carboxylic acids is 3. The van der Waals surface area contributed by atoms with Gasteiger partial charge in [0, 0.05) is 5.69 Å². The normalized spacial score (nSPS) is 10.3. The van der Waals surface area contributed by atoms with E-state index in [2.05, 4.69) is 10.1 Å². The van der Waals surface area contributed by atoms with Gasteiger partial charge in [-0.15, -0.1) is 0 Å². The number of carbonyl (C=O) groups is 3. The lowest BCUT2D eigenvalue weighted by atomic mass is 10.2. The average molecular weight is 457 g/mol. The molecule has 0 saturated heterocycles. The van der Waals surface area contributed by atoms with Gasteiger partial charge < -0.3 is 28.7 Å². The summed E-state index contributed by atoms with van der Waals surface area (Å²) in [6, 6.07) is 11.0. The van der Waals surface area contributed by atoms with Gasteiger partial charge in [0.2, 0.25) is 0 Å². The van der Waals surface area contributed by atoms with Crippen molar-refractivity contribution in [1.29, 1.82) is 0 Å². The summed E-state index contributed by atoms with van der Waals surface area (Å²) in [4.78, 5) is 36.1. The van der Waals surface area contributed by atoms with Crippen molar-refractivity contribution in [3.63, 3.8) is 0 Å². The Morgan fingerprint density at radius 1 is 0.970 bits per heavy atom. The van der Waals surface area contributed by atoms with E-state index < -0.39 is 23.7 Å². The number of hydrogen-bond acceptors (Lipinski definition) is 8. The second-order valence-corrected chi connectivity index (χ2v) is 6.53. The highest BCUT2D eigenvalue weighted by atomic mass is 19.1. The molecule has 0 fully saturated rings. The van der Waals surface area contributed by atoms with E-state index in [0.717, 1.165) is 0 Å². The van der Waals surface area contributed by atoms with E-state index in [4.69, 9.17) is 18.6 Å². The number of furan rings is 1. The van der Waals surface area contributed by atoms with Crippen molar-refractivity contribution < 1.29 is 42.1 Å². The Morgan fingerprint density at radius 2 is 1.73 bits per heavy atom. The molecule has 2 aromatic carbocycles. The molecule has 0 aliphatic rings. The monoisotopic (exact) mass is 457 g/mol. The summed E-state index contributed by atoms with van der Waals surface area (Å²) in [5.74, 6) is -1.61. The van der Waals surface area contributed by atoms with Crippen LogP contribution in [0.15, 0.2) is 59.2 Å². The summed E-state index contributed by atoms with van der Waals surface area (Å²) in [5.41, 5.74) is 0.730. The van der Waals surface area contributed by atoms with Crippen molar-refractivity contribution >= 4 is 23.5 Å². The number of amides is 1. The number of esters is 2. The van der Waals surface area contributed by atoms with Gasteiger partial charge in [-0.25, -0.2) is 14.0 Å². The Kier molecular flexibility index (Phi) is 7.64. The van der Waals surface area contributed by atoms with Crippen molar-refractivity contribution in [2.24, 2.45) is 0 Å². The minimum absolute atomic E-state index is 0.147. The zero-order valence-corrected chi connectivity index (χ0v) is 17.8. The van der Waals surface area contributed by atoms with Crippen LogP contribution in [0.1, 0.15) is 26.5 Å². The third kappa shape index (κ3) is 6.10. The molecule has 3 aromatic rings. The van der Waals surface area contributed by atoms with E-state index in [0.29, 0.717) is 5.69 Å². The van der Waals surface area contributed by atoms with E-state index in [1.165, 1.54) is 69.0 Å². The fourth-order valence-electron chi connectivity index (χ4n) is 2.75. The second-order valence-electron chi connectivity index (χ2n) is 6.53. The molecule has 1 amide bonds. The molecule has 0 saturated carbocycles. The largest absolute Gasteiger partial charge is 0.493 e. The molecule has 1 aromatic heterocycles. The van der Waals surface area contributed by atoms with Crippen LogP contribution in [0.25, 0.3) is 0 Å². The number of nitrogens with one attached hydrogen (secondary N) is 1. The maximum atomic E-state index is 12.9. The van der Waals surface area contributed by atoms with Crippen LogP contribution in [0.4, 0.5) is 10.1 Å². The Labute approximate surface area is 188 Å². The van der Waals surface area contributed by atoms with E-state index in [9.17, 15) is 18.8 Å². The summed E-state index contributed by atoms with van der Waals surface area (Å²) >= 11 is 0. The van der Waals surface area contributed by atoms with Crippen LogP contribution in [0, 0.1) is 5.82 Å². The number of ether oxygens (including phenoxy) is 4. The average Bonchev–Trinajstić information content (AvgIpc) is 3.30. The molecule has 9 nitrogen and oxygen atoms in total. The number of halogens is 1. The highest BCUT2D eigenvalue weighted by molar-refractivity contribution is 5.92. The first-order chi connectivity index (χ1) is 15.9. The molecule has 0 unspecified atom stereocenters. The fourth-order valence-corrected chi connectivity index (χ4v) is 2.75. The SMILES string of the molecule is COC(=O)c1ccoc1COC(=O)c1ccc(OCC(=O)Nc2ccc(F)cc2)c(OC)c1. The molecule has 1 N–H and O–H groups in total. The first kappa shape index (κ1) is 23.3. The highest BCUT2D eigenvalue weighted by Crippen LogP contribution is 2.28. The van der Waals surface area contributed by atoms with Gasteiger partial charge in [0.1, 0.15) is 11.4 Å². The van der Waals surface area contributed by atoms with Gasteiger partial charge in [-0.05, 0) is 48.5 Å². The van der Waals surface area contributed by atoms with Crippen LogP contribution in [0.3, 0.4) is 0 Å². The van der Waals surface area contributed by atoms with Crippen molar-refractivity contribution in [3.05, 3.63) is 77.5 Å². The molecule has 33 heavy (non-hydrogen) atoms. The molecule has 0 bridgehead atoms. The zero-order chi connectivity index (χ0) is 23.8. The number of methoxy groups -OCH3 is 2. The van der Waals surface area contributed by atoms with Crippen LogP contribution in [-0.4, -0.2) is 38.7 Å². The lowest BCUT2D eigenvalue weighted by Crippen LogP contribution is -2.20. The summed E-state index contributed by atoms with van der Waals surface area (Å²) in [7, 11) is 2.61. The maximum absolute atomic E-state index is 12.9. The van der Waals surface area contributed by atoms with Gasteiger partial charge in [-0.1, -0.05) is 0 Å². The molecule has 0 atom stereocenters. The summed E-state index contributed by atoms with van der Waals surface area (Å²) in [6.45, 7) is -0.618. The van der Waals surface area contributed by atoms with Gasteiger partial charge in [0.05, 0.1) is 26.0 Å². The lowest BCUT2D eigenvalue weighted by Gasteiger charge is -2.12. The Morgan fingerprint density at radius 3 is 2.42 bits per heavy atom. The van der Waals surface area contributed by atoms with Crippen LogP contribution in [0.5, 0.6) is 11.5 Å². The summed E-state index contributed by atoms with van der Waals surface area (Å²) in [5, 5.41) is 2.57. The predicted octanol–water partition coefficient (Wildman–Crippen LogP) is 3.59. The minimum atomic E-state index is -0.693. The molecular weight excluding hydrogens is 437 g/mol. The number of benzene rings is 2. The van der Waals surface area contributed by atoms with Crippen molar-refractivity contribution in [2.75, 3.05) is 26.1 Å². The second kappa shape index (κ2) is 10.8. The summed E-state index contributed by atoms with van der Waals surface area (Å²) in [6.07, 6.45) is 1.29.